The summed E-state index contributed by atoms with van der Waals surface area (Å²) in [5.41, 5.74) is 6.18. The predicted molar refractivity (Wildman–Crippen MR) is 105 cm³/mol. The summed E-state index contributed by atoms with van der Waals surface area (Å²) in [5.74, 6) is -0.170. The average molecular weight is 395 g/mol. The molecule has 0 aliphatic rings. The van der Waals surface area contributed by atoms with E-state index in [1.54, 1.807) is 0 Å². The van der Waals surface area contributed by atoms with Crippen molar-refractivity contribution >= 4 is 34.9 Å². The van der Waals surface area contributed by atoms with Crippen LogP contribution in [-0.4, -0.2) is 37.5 Å². The third-order valence-corrected chi connectivity index (χ3v) is 5.30. The van der Waals surface area contributed by atoms with Gasteiger partial charge in [0.15, 0.2) is 0 Å². The van der Waals surface area contributed by atoms with Crippen molar-refractivity contribution in [2.24, 2.45) is 5.73 Å². The zero-order valence-corrected chi connectivity index (χ0v) is 16.3. The molecule has 0 aliphatic heterocycles. The first kappa shape index (κ1) is 20.2. The first-order chi connectivity index (χ1) is 12.4. The Kier molecular flexibility index (Phi) is 7.44. The normalized spacial score (nSPS) is 13.2. The second-order valence-electron chi connectivity index (χ2n) is 6.09. The number of thiophene rings is 1. The minimum Gasteiger partial charge on any atom is -0.354 e. The zero-order chi connectivity index (χ0) is 19.1. The van der Waals surface area contributed by atoms with E-state index in [4.69, 9.17) is 17.3 Å². The lowest BCUT2D eigenvalue weighted by Crippen LogP contribution is -2.38. The number of carbonyl (C=O) groups is 2. The van der Waals surface area contributed by atoms with Crippen LogP contribution in [0.5, 0.6) is 0 Å². The van der Waals surface area contributed by atoms with Gasteiger partial charge in [-0.1, -0.05) is 35.9 Å². The summed E-state index contributed by atoms with van der Waals surface area (Å²) in [6.07, 6.45) is 0.117. The molecule has 1 aromatic heterocycles. The van der Waals surface area contributed by atoms with Gasteiger partial charge in [0.25, 0.3) is 0 Å². The molecule has 0 bridgehead atoms. The number of urea groups is 1. The lowest BCUT2D eigenvalue weighted by Gasteiger charge is -2.26. The van der Waals surface area contributed by atoms with Gasteiger partial charge in [-0.05, 0) is 37.2 Å². The molecule has 0 fully saturated rings. The Morgan fingerprint density at radius 1 is 1.23 bits per heavy atom. The number of primary amides is 1. The van der Waals surface area contributed by atoms with Crippen LogP contribution in [-0.2, 0) is 4.79 Å². The van der Waals surface area contributed by atoms with Gasteiger partial charge in [-0.25, -0.2) is 4.79 Å². The van der Waals surface area contributed by atoms with Gasteiger partial charge in [0, 0.05) is 16.4 Å². The molecule has 0 saturated heterocycles. The number of nitrogens with two attached hydrogens (primary N) is 1. The van der Waals surface area contributed by atoms with Crippen molar-refractivity contribution in [2.45, 2.75) is 18.5 Å². The number of likely N-dealkylation sites (N-methyl/N-ethyl adjacent to an activating group) is 1. The van der Waals surface area contributed by atoms with Crippen LogP contribution >= 0.6 is 22.9 Å². The summed E-state index contributed by atoms with van der Waals surface area (Å²) in [4.78, 5) is 26.5. The van der Waals surface area contributed by atoms with Crippen LogP contribution in [0.25, 0.3) is 0 Å². The highest BCUT2D eigenvalue weighted by Gasteiger charge is 2.21. The minimum atomic E-state index is -0.654. The predicted octanol–water partition coefficient (Wildman–Crippen LogP) is 2.92. The van der Waals surface area contributed by atoms with Crippen molar-refractivity contribution in [3.05, 3.63) is 57.2 Å². The van der Waals surface area contributed by atoms with E-state index in [9.17, 15) is 9.59 Å². The number of carbonyl (C=O) groups excluding carboxylic acids is 2. The molecule has 0 spiro atoms. The molecule has 2 rings (SSSR count). The molecule has 3 amide bonds. The summed E-state index contributed by atoms with van der Waals surface area (Å²) < 4.78 is 0. The summed E-state index contributed by atoms with van der Waals surface area (Å²) >= 11 is 7.76. The van der Waals surface area contributed by atoms with E-state index in [0.717, 1.165) is 10.4 Å². The van der Waals surface area contributed by atoms with Crippen LogP contribution in [0.15, 0.2) is 41.8 Å². The van der Waals surface area contributed by atoms with E-state index in [0.29, 0.717) is 11.6 Å². The topological polar surface area (TPSA) is 87.5 Å². The highest BCUT2D eigenvalue weighted by atomic mass is 35.5. The van der Waals surface area contributed by atoms with Gasteiger partial charge in [0.1, 0.15) is 0 Å². The smallest absolute Gasteiger partial charge is 0.312 e. The van der Waals surface area contributed by atoms with Crippen LogP contribution < -0.4 is 16.4 Å². The first-order valence-corrected chi connectivity index (χ1v) is 9.41. The molecule has 26 heavy (non-hydrogen) atoms. The summed E-state index contributed by atoms with van der Waals surface area (Å²) in [6.45, 7) is 0.406. The summed E-state index contributed by atoms with van der Waals surface area (Å²) in [6, 6.07) is 10.2. The molecule has 140 valence electrons. The number of amides is 3. The Morgan fingerprint density at radius 2 is 1.96 bits per heavy atom. The lowest BCUT2D eigenvalue weighted by molar-refractivity contribution is -0.121. The zero-order valence-electron chi connectivity index (χ0n) is 14.7. The Bertz CT molecular complexity index is 737. The number of halogens is 1. The van der Waals surface area contributed by atoms with Crippen LogP contribution in [0.1, 0.15) is 28.9 Å². The summed E-state index contributed by atoms with van der Waals surface area (Å²) in [7, 11) is 3.87. The average Bonchev–Trinajstić information content (AvgIpc) is 3.10. The fourth-order valence-corrected chi connectivity index (χ4v) is 3.71. The van der Waals surface area contributed by atoms with Crippen molar-refractivity contribution in [3.63, 3.8) is 0 Å². The monoisotopic (exact) mass is 394 g/mol. The molecule has 1 heterocycles. The number of nitrogens with one attached hydrogen (secondary N) is 2. The van der Waals surface area contributed by atoms with Gasteiger partial charge in [0.05, 0.1) is 18.5 Å². The third kappa shape index (κ3) is 5.72. The van der Waals surface area contributed by atoms with E-state index in [1.807, 2.05) is 60.8 Å². The number of hydrogen-bond acceptors (Lipinski definition) is 4. The van der Waals surface area contributed by atoms with E-state index >= 15 is 0 Å². The SMILES string of the molecule is CN(C)C(CNC(=O)CC(NC(N)=O)c1cccs1)c1ccccc1Cl. The molecular weight excluding hydrogens is 372 g/mol. The number of hydrogen-bond donors (Lipinski definition) is 3. The third-order valence-electron chi connectivity index (χ3n) is 3.97. The van der Waals surface area contributed by atoms with Gasteiger partial charge < -0.3 is 21.3 Å². The Balaban J connectivity index is 2.01. The molecule has 4 N–H and O–H groups in total. The van der Waals surface area contributed by atoms with E-state index in [1.165, 1.54) is 11.3 Å². The Labute approximate surface area is 162 Å². The van der Waals surface area contributed by atoms with Crippen LogP contribution in [0.3, 0.4) is 0 Å². The van der Waals surface area contributed by atoms with Crippen molar-refractivity contribution in [1.82, 2.24) is 15.5 Å². The van der Waals surface area contributed by atoms with Crippen molar-refractivity contribution < 1.29 is 9.59 Å². The highest BCUT2D eigenvalue weighted by molar-refractivity contribution is 7.10. The molecule has 2 aromatic rings. The van der Waals surface area contributed by atoms with Gasteiger partial charge in [0.2, 0.25) is 5.91 Å². The van der Waals surface area contributed by atoms with Crippen LogP contribution in [0.4, 0.5) is 4.79 Å². The van der Waals surface area contributed by atoms with E-state index in [2.05, 4.69) is 10.6 Å². The molecule has 8 heteroatoms. The molecule has 0 aliphatic carbocycles. The summed E-state index contributed by atoms with van der Waals surface area (Å²) in [5, 5.41) is 8.10. The standard InChI is InChI=1S/C18H23ClN4O2S/c1-23(2)15(12-6-3-4-7-13(12)19)11-21-17(24)10-14(22-18(20)25)16-8-5-9-26-16/h3-9,14-15H,10-11H2,1-2H3,(H,21,24)(H3,20,22,25). The quantitative estimate of drug-likeness (QED) is 0.643. The van der Waals surface area contributed by atoms with Gasteiger partial charge in [-0.2, -0.15) is 0 Å². The molecule has 0 saturated carbocycles. The minimum absolute atomic E-state index is 0.0584. The molecule has 0 radical (unpaired) electrons. The van der Waals surface area contributed by atoms with E-state index in [-0.39, 0.29) is 18.4 Å². The molecule has 2 unspecified atom stereocenters. The highest BCUT2D eigenvalue weighted by Crippen LogP contribution is 2.26. The van der Waals surface area contributed by atoms with Crippen LogP contribution in [0.2, 0.25) is 5.02 Å². The van der Waals surface area contributed by atoms with Crippen molar-refractivity contribution in [2.75, 3.05) is 20.6 Å². The van der Waals surface area contributed by atoms with Gasteiger partial charge >= 0.3 is 6.03 Å². The Morgan fingerprint density at radius 3 is 2.54 bits per heavy atom. The molecule has 1 aromatic carbocycles. The van der Waals surface area contributed by atoms with Gasteiger partial charge in [-0.15, -0.1) is 11.3 Å². The Hall–Kier alpha value is -2.09. The van der Waals surface area contributed by atoms with Crippen LogP contribution in [0, 0.1) is 0 Å². The molecule has 2 atom stereocenters. The number of nitrogens with zero attached hydrogens (tertiary/aromatic N) is 1. The number of rotatable bonds is 8. The molecule has 6 nitrogen and oxygen atoms in total. The van der Waals surface area contributed by atoms with Crippen molar-refractivity contribution in [1.29, 1.82) is 0 Å². The first-order valence-electron chi connectivity index (χ1n) is 8.15. The molecular formula is C18H23ClN4O2S. The maximum Gasteiger partial charge on any atom is 0.312 e. The fourth-order valence-electron chi connectivity index (χ4n) is 2.67. The fraction of sp³-hybridized carbons (Fsp3) is 0.333. The van der Waals surface area contributed by atoms with E-state index < -0.39 is 12.1 Å². The van der Waals surface area contributed by atoms with Gasteiger partial charge in [-0.3, -0.25) is 4.79 Å². The second kappa shape index (κ2) is 9.56. The largest absolute Gasteiger partial charge is 0.354 e. The maximum atomic E-state index is 12.4. The van der Waals surface area contributed by atoms with Crippen molar-refractivity contribution in [3.8, 4) is 0 Å². The number of benzene rings is 1. The lowest BCUT2D eigenvalue weighted by atomic mass is 10.1. The second-order valence-corrected chi connectivity index (χ2v) is 7.47. The maximum absolute atomic E-state index is 12.4.